The number of hydrogen-bond acceptors (Lipinski definition) is 2. The molecule has 0 fully saturated rings. The third kappa shape index (κ3) is 6.53. The molecule has 0 heterocycles. The Balaban J connectivity index is 2.48. The molecule has 0 aliphatic heterocycles. The number of hydrogen-bond donors (Lipinski definition) is 1. The van der Waals surface area contributed by atoms with Crippen LogP contribution in [0.2, 0.25) is 0 Å². The number of ether oxygens (including phenoxy) is 1. The van der Waals surface area contributed by atoms with Crippen molar-refractivity contribution in [3.05, 3.63) is 34.3 Å². The van der Waals surface area contributed by atoms with Crippen LogP contribution in [-0.2, 0) is 11.2 Å². The van der Waals surface area contributed by atoms with Gasteiger partial charge in [0.15, 0.2) is 0 Å². The van der Waals surface area contributed by atoms with Crippen molar-refractivity contribution < 1.29 is 4.74 Å². The summed E-state index contributed by atoms with van der Waals surface area (Å²) in [6.07, 6.45) is 3.25. The molecule has 0 saturated heterocycles. The summed E-state index contributed by atoms with van der Waals surface area (Å²) < 4.78 is 6.81. The SMILES string of the molecule is CCCNC(COCCC)Cc1cccc(Br)c1. The molecule has 0 bridgehead atoms. The summed E-state index contributed by atoms with van der Waals surface area (Å²) in [4.78, 5) is 0. The Kier molecular flexibility index (Phi) is 8.31. The van der Waals surface area contributed by atoms with E-state index in [4.69, 9.17) is 4.74 Å². The van der Waals surface area contributed by atoms with Crippen LogP contribution in [0.25, 0.3) is 0 Å². The van der Waals surface area contributed by atoms with Crippen LogP contribution in [0.15, 0.2) is 28.7 Å². The van der Waals surface area contributed by atoms with Crippen LogP contribution in [0.3, 0.4) is 0 Å². The lowest BCUT2D eigenvalue weighted by atomic mass is 10.1. The zero-order valence-electron chi connectivity index (χ0n) is 11.4. The van der Waals surface area contributed by atoms with Crippen molar-refractivity contribution in [3.8, 4) is 0 Å². The van der Waals surface area contributed by atoms with E-state index >= 15 is 0 Å². The summed E-state index contributed by atoms with van der Waals surface area (Å²) in [6.45, 7) is 7.02. The maximum atomic E-state index is 5.67. The average molecular weight is 314 g/mol. The fourth-order valence-electron chi connectivity index (χ4n) is 1.86. The summed E-state index contributed by atoms with van der Waals surface area (Å²) in [7, 11) is 0. The molecule has 0 amide bonds. The van der Waals surface area contributed by atoms with Crippen molar-refractivity contribution in [3.63, 3.8) is 0 Å². The minimum atomic E-state index is 0.408. The summed E-state index contributed by atoms with van der Waals surface area (Å²) in [6, 6.07) is 8.91. The first kappa shape index (κ1) is 15.7. The van der Waals surface area contributed by atoms with Crippen LogP contribution in [0, 0.1) is 0 Å². The van der Waals surface area contributed by atoms with Gasteiger partial charge in [-0.2, -0.15) is 0 Å². The van der Waals surface area contributed by atoms with Crippen molar-refractivity contribution in [2.45, 2.75) is 39.2 Å². The lowest BCUT2D eigenvalue weighted by Gasteiger charge is -2.18. The lowest BCUT2D eigenvalue weighted by molar-refractivity contribution is 0.112. The molecule has 0 saturated carbocycles. The minimum Gasteiger partial charge on any atom is -0.380 e. The maximum absolute atomic E-state index is 5.67. The first-order valence-corrected chi connectivity index (χ1v) is 7.61. The Morgan fingerprint density at radius 3 is 2.78 bits per heavy atom. The van der Waals surface area contributed by atoms with E-state index in [0.717, 1.165) is 43.5 Å². The maximum Gasteiger partial charge on any atom is 0.0622 e. The number of rotatable bonds is 9. The largest absolute Gasteiger partial charge is 0.380 e. The smallest absolute Gasteiger partial charge is 0.0622 e. The highest BCUT2D eigenvalue weighted by atomic mass is 79.9. The summed E-state index contributed by atoms with van der Waals surface area (Å²) in [5, 5.41) is 3.56. The zero-order valence-corrected chi connectivity index (χ0v) is 13.0. The van der Waals surface area contributed by atoms with Gasteiger partial charge < -0.3 is 10.1 Å². The van der Waals surface area contributed by atoms with Gasteiger partial charge in [-0.15, -0.1) is 0 Å². The topological polar surface area (TPSA) is 21.3 Å². The number of benzene rings is 1. The van der Waals surface area contributed by atoms with Crippen LogP contribution >= 0.6 is 15.9 Å². The van der Waals surface area contributed by atoms with E-state index in [-0.39, 0.29) is 0 Å². The van der Waals surface area contributed by atoms with Crippen LogP contribution in [0.1, 0.15) is 32.3 Å². The number of nitrogens with one attached hydrogen (secondary N) is 1. The fraction of sp³-hybridized carbons (Fsp3) is 0.600. The Bertz CT molecular complexity index is 330. The van der Waals surface area contributed by atoms with E-state index in [1.165, 1.54) is 5.56 Å². The second kappa shape index (κ2) is 9.54. The first-order chi connectivity index (χ1) is 8.76. The monoisotopic (exact) mass is 313 g/mol. The predicted octanol–water partition coefficient (Wildman–Crippen LogP) is 3.79. The normalized spacial score (nSPS) is 12.6. The molecular formula is C15H24BrNO. The van der Waals surface area contributed by atoms with Crippen LogP contribution in [0.4, 0.5) is 0 Å². The van der Waals surface area contributed by atoms with E-state index in [1.807, 2.05) is 0 Å². The van der Waals surface area contributed by atoms with Crippen molar-refractivity contribution >= 4 is 15.9 Å². The lowest BCUT2D eigenvalue weighted by Crippen LogP contribution is -2.36. The molecule has 1 unspecified atom stereocenters. The van der Waals surface area contributed by atoms with E-state index in [0.29, 0.717) is 6.04 Å². The molecule has 1 aromatic carbocycles. The zero-order chi connectivity index (χ0) is 13.2. The predicted molar refractivity (Wildman–Crippen MR) is 81.0 cm³/mol. The highest BCUT2D eigenvalue weighted by molar-refractivity contribution is 9.10. The van der Waals surface area contributed by atoms with Crippen LogP contribution in [0.5, 0.6) is 0 Å². The third-order valence-electron chi connectivity index (χ3n) is 2.72. The molecule has 0 radical (unpaired) electrons. The van der Waals surface area contributed by atoms with E-state index in [9.17, 15) is 0 Å². The van der Waals surface area contributed by atoms with Crippen LogP contribution < -0.4 is 5.32 Å². The first-order valence-electron chi connectivity index (χ1n) is 6.81. The van der Waals surface area contributed by atoms with Crippen molar-refractivity contribution in [2.75, 3.05) is 19.8 Å². The van der Waals surface area contributed by atoms with Crippen LogP contribution in [-0.4, -0.2) is 25.8 Å². The molecule has 1 atom stereocenters. The van der Waals surface area contributed by atoms with Gasteiger partial charge in [0.2, 0.25) is 0 Å². The van der Waals surface area contributed by atoms with E-state index < -0.39 is 0 Å². The van der Waals surface area contributed by atoms with Gasteiger partial charge in [0, 0.05) is 17.1 Å². The van der Waals surface area contributed by atoms with Gasteiger partial charge in [-0.05, 0) is 43.5 Å². The highest BCUT2D eigenvalue weighted by Crippen LogP contribution is 2.13. The second-order valence-electron chi connectivity index (χ2n) is 4.56. The Morgan fingerprint density at radius 2 is 2.11 bits per heavy atom. The quantitative estimate of drug-likeness (QED) is 0.700. The van der Waals surface area contributed by atoms with Gasteiger partial charge >= 0.3 is 0 Å². The van der Waals surface area contributed by atoms with Gasteiger partial charge in [0.25, 0.3) is 0 Å². The Labute approximate surface area is 119 Å². The highest BCUT2D eigenvalue weighted by Gasteiger charge is 2.09. The van der Waals surface area contributed by atoms with E-state index in [2.05, 4.69) is 59.4 Å². The Morgan fingerprint density at radius 1 is 1.28 bits per heavy atom. The molecule has 0 aliphatic carbocycles. The standard InChI is InChI=1S/C15H24BrNO/c1-3-8-17-15(12-18-9-4-2)11-13-6-5-7-14(16)10-13/h5-7,10,15,17H,3-4,8-9,11-12H2,1-2H3. The van der Waals surface area contributed by atoms with Crippen molar-refractivity contribution in [2.24, 2.45) is 0 Å². The minimum absolute atomic E-state index is 0.408. The van der Waals surface area contributed by atoms with Crippen molar-refractivity contribution in [1.29, 1.82) is 0 Å². The fourth-order valence-corrected chi connectivity index (χ4v) is 2.30. The van der Waals surface area contributed by atoms with Gasteiger partial charge in [-0.25, -0.2) is 0 Å². The molecule has 1 N–H and O–H groups in total. The molecule has 1 aromatic rings. The summed E-state index contributed by atoms with van der Waals surface area (Å²) in [5.41, 5.74) is 1.35. The summed E-state index contributed by atoms with van der Waals surface area (Å²) in [5.74, 6) is 0. The third-order valence-corrected chi connectivity index (χ3v) is 3.21. The average Bonchev–Trinajstić information content (AvgIpc) is 2.36. The van der Waals surface area contributed by atoms with Gasteiger partial charge in [-0.3, -0.25) is 0 Å². The molecule has 1 rings (SSSR count). The van der Waals surface area contributed by atoms with E-state index in [1.54, 1.807) is 0 Å². The Hall–Kier alpha value is -0.380. The molecule has 0 aromatic heterocycles. The number of halogens is 1. The molecule has 0 spiro atoms. The molecule has 102 valence electrons. The van der Waals surface area contributed by atoms with Gasteiger partial charge in [0.05, 0.1) is 6.61 Å². The van der Waals surface area contributed by atoms with Gasteiger partial charge in [0.1, 0.15) is 0 Å². The molecule has 0 aliphatic rings. The molecule has 2 nitrogen and oxygen atoms in total. The van der Waals surface area contributed by atoms with Gasteiger partial charge in [-0.1, -0.05) is 41.9 Å². The van der Waals surface area contributed by atoms with Crippen molar-refractivity contribution in [1.82, 2.24) is 5.32 Å². The summed E-state index contributed by atoms with van der Waals surface area (Å²) >= 11 is 3.52. The second-order valence-corrected chi connectivity index (χ2v) is 5.48. The molecular weight excluding hydrogens is 290 g/mol. The molecule has 3 heteroatoms. The molecule has 18 heavy (non-hydrogen) atoms.